The number of carbonyl (C=O) groups excluding carboxylic acids is 1. The molecular formula is C8H11NO. The molecule has 0 saturated heterocycles. The molecule has 0 saturated carbocycles. The molecule has 2 nitrogen and oxygen atoms in total. The van der Waals surface area contributed by atoms with Gasteiger partial charge in [0, 0.05) is 6.20 Å². The molecule has 10 heavy (non-hydrogen) atoms. The largest absolute Gasteiger partial charge is 0.295 e. The third kappa shape index (κ3) is 3.78. The lowest BCUT2D eigenvalue weighted by Gasteiger charge is -1.87. The third-order valence-corrected chi connectivity index (χ3v) is 1.09. The zero-order valence-corrected chi connectivity index (χ0v) is 6.29. The lowest BCUT2D eigenvalue weighted by molar-refractivity contribution is -0.113. The van der Waals surface area contributed by atoms with Gasteiger partial charge in [-0.15, -0.1) is 0 Å². The lowest BCUT2D eigenvalue weighted by Crippen LogP contribution is -1.89. The second kappa shape index (κ2) is 4.68. The van der Waals surface area contributed by atoms with Crippen LogP contribution in [0.5, 0.6) is 0 Å². The van der Waals surface area contributed by atoms with E-state index in [1.807, 2.05) is 0 Å². The maximum atomic E-state index is 10.6. The summed E-state index contributed by atoms with van der Waals surface area (Å²) >= 11 is 0. The van der Waals surface area contributed by atoms with Gasteiger partial charge in [-0.2, -0.15) is 0 Å². The number of Topliss-reactive ketones (excluding diaryl/α,β-unsaturated/α-hetero) is 1. The Bertz CT molecular complexity index is 189. The minimum Gasteiger partial charge on any atom is -0.295 e. The summed E-state index contributed by atoms with van der Waals surface area (Å²) in [6.07, 6.45) is 4.92. The molecule has 0 heterocycles. The molecule has 0 unspecified atom stereocenters. The molecule has 0 aliphatic carbocycles. The monoisotopic (exact) mass is 137 g/mol. The van der Waals surface area contributed by atoms with Gasteiger partial charge >= 0.3 is 0 Å². The SMILES string of the molecule is C=N/C=C\C=C(/C)C(C)=O. The van der Waals surface area contributed by atoms with Crippen LogP contribution in [0.25, 0.3) is 0 Å². The van der Waals surface area contributed by atoms with Gasteiger partial charge in [0.05, 0.1) is 0 Å². The second-order valence-corrected chi connectivity index (χ2v) is 1.93. The number of rotatable bonds is 3. The van der Waals surface area contributed by atoms with Gasteiger partial charge in [-0.25, -0.2) is 0 Å². The van der Waals surface area contributed by atoms with Crippen molar-refractivity contribution in [2.75, 3.05) is 0 Å². The number of ketones is 1. The molecule has 0 rings (SSSR count). The Balaban J connectivity index is 4.04. The first-order chi connectivity index (χ1) is 4.68. The Hall–Kier alpha value is -1.18. The van der Waals surface area contributed by atoms with Crippen LogP contribution in [-0.4, -0.2) is 12.5 Å². The summed E-state index contributed by atoms with van der Waals surface area (Å²) in [6.45, 7) is 6.54. The zero-order valence-electron chi connectivity index (χ0n) is 6.29. The van der Waals surface area contributed by atoms with Crippen LogP contribution in [0.15, 0.2) is 28.9 Å². The van der Waals surface area contributed by atoms with Crippen LogP contribution in [-0.2, 0) is 4.79 Å². The minimum atomic E-state index is 0.0775. The second-order valence-electron chi connectivity index (χ2n) is 1.93. The van der Waals surface area contributed by atoms with Crippen molar-refractivity contribution >= 4 is 12.5 Å². The van der Waals surface area contributed by atoms with E-state index in [1.54, 1.807) is 19.1 Å². The minimum absolute atomic E-state index is 0.0775. The van der Waals surface area contributed by atoms with Crippen molar-refractivity contribution in [1.82, 2.24) is 0 Å². The topological polar surface area (TPSA) is 29.4 Å². The molecule has 0 fully saturated rings. The van der Waals surface area contributed by atoms with E-state index >= 15 is 0 Å². The Morgan fingerprint density at radius 1 is 1.50 bits per heavy atom. The normalized spacial score (nSPS) is 12.0. The molecule has 54 valence electrons. The van der Waals surface area contributed by atoms with Gasteiger partial charge in [0.2, 0.25) is 0 Å². The summed E-state index contributed by atoms with van der Waals surface area (Å²) in [5, 5.41) is 0. The fourth-order valence-corrected chi connectivity index (χ4v) is 0.366. The first-order valence-corrected chi connectivity index (χ1v) is 2.98. The van der Waals surface area contributed by atoms with E-state index in [1.165, 1.54) is 13.1 Å². The van der Waals surface area contributed by atoms with Crippen LogP contribution in [0.1, 0.15) is 13.8 Å². The van der Waals surface area contributed by atoms with E-state index < -0.39 is 0 Å². The molecule has 0 amide bonds. The van der Waals surface area contributed by atoms with Crippen LogP contribution in [0, 0.1) is 0 Å². The predicted molar refractivity (Wildman–Crippen MR) is 43.1 cm³/mol. The highest BCUT2D eigenvalue weighted by Gasteiger charge is 1.90. The number of nitrogens with zero attached hydrogens (tertiary/aromatic N) is 1. The van der Waals surface area contributed by atoms with E-state index in [0.29, 0.717) is 0 Å². The maximum Gasteiger partial charge on any atom is 0.155 e. The fourth-order valence-electron chi connectivity index (χ4n) is 0.366. The van der Waals surface area contributed by atoms with Crippen LogP contribution in [0.4, 0.5) is 0 Å². The standard InChI is InChI=1S/C8H11NO/c1-7(8(2)10)5-4-6-9-3/h4-6H,3H2,1-2H3/b6-4-,7-5+. The van der Waals surface area contributed by atoms with Crippen LogP contribution in [0.2, 0.25) is 0 Å². The van der Waals surface area contributed by atoms with Crippen molar-refractivity contribution in [2.24, 2.45) is 4.99 Å². The van der Waals surface area contributed by atoms with Gasteiger partial charge in [0.15, 0.2) is 5.78 Å². The lowest BCUT2D eigenvalue weighted by atomic mass is 10.2. The highest BCUT2D eigenvalue weighted by atomic mass is 16.1. The number of allylic oxidation sites excluding steroid dienone is 3. The van der Waals surface area contributed by atoms with Crippen LogP contribution in [0.3, 0.4) is 0 Å². The van der Waals surface area contributed by atoms with Crippen molar-refractivity contribution in [3.63, 3.8) is 0 Å². The molecule has 0 aliphatic heterocycles. The smallest absolute Gasteiger partial charge is 0.155 e. The molecule has 0 aromatic rings. The summed E-state index contributed by atoms with van der Waals surface area (Å²) in [6, 6.07) is 0. The van der Waals surface area contributed by atoms with Gasteiger partial charge in [0.25, 0.3) is 0 Å². The molecule has 0 N–H and O–H groups in total. The quantitative estimate of drug-likeness (QED) is 0.331. The van der Waals surface area contributed by atoms with E-state index in [0.717, 1.165) is 5.57 Å². The van der Waals surface area contributed by atoms with Gasteiger partial charge < -0.3 is 0 Å². The van der Waals surface area contributed by atoms with Crippen LogP contribution < -0.4 is 0 Å². The van der Waals surface area contributed by atoms with Gasteiger partial charge in [-0.3, -0.25) is 9.79 Å². The summed E-state index contributed by atoms with van der Waals surface area (Å²) < 4.78 is 0. The summed E-state index contributed by atoms with van der Waals surface area (Å²) in [7, 11) is 0. The van der Waals surface area contributed by atoms with Gasteiger partial charge in [0.1, 0.15) is 0 Å². The Morgan fingerprint density at radius 2 is 2.10 bits per heavy atom. The van der Waals surface area contributed by atoms with Crippen molar-refractivity contribution in [3.05, 3.63) is 23.9 Å². The number of hydrogen-bond acceptors (Lipinski definition) is 2. The van der Waals surface area contributed by atoms with E-state index in [4.69, 9.17) is 0 Å². The molecule has 0 aromatic heterocycles. The average molecular weight is 137 g/mol. The fraction of sp³-hybridized carbons (Fsp3) is 0.250. The number of aliphatic imine (C=N–C) groups is 1. The highest BCUT2D eigenvalue weighted by Crippen LogP contribution is 1.93. The predicted octanol–water partition coefficient (Wildman–Crippen LogP) is 1.74. The summed E-state index contributed by atoms with van der Waals surface area (Å²) in [5.74, 6) is 0.0775. The molecule has 0 atom stereocenters. The van der Waals surface area contributed by atoms with Gasteiger partial charge in [-0.05, 0) is 32.2 Å². The average Bonchev–Trinajstić information content (AvgIpc) is 1.88. The van der Waals surface area contributed by atoms with Crippen molar-refractivity contribution < 1.29 is 4.79 Å². The molecule has 0 aromatic carbocycles. The Kier molecular flexibility index (Phi) is 4.12. The third-order valence-electron chi connectivity index (χ3n) is 1.09. The molecule has 2 heteroatoms. The Morgan fingerprint density at radius 3 is 2.50 bits per heavy atom. The Labute approximate surface area is 61.0 Å². The summed E-state index contributed by atoms with van der Waals surface area (Å²) in [5.41, 5.74) is 0.722. The molecule has 0 bridgehead atoms. The number of hydrogen-bond donors (Lipinski definition) is 0. The van der Waals surface area contributed by atoms with E-state index in [2.05, 4.69) is 11.7 Å². The van der Waals surface area contributed by atoms with Crippen LogP contribution >= 0.6 is 0 Å². The maximum absolute atomic E-state index is 10.6. The summed E-state index contributed by atoms with van der Waals surface area (Å²) in [4.78, 5) is 14.1. The van der Waals surface area contributed by atoms with Crippen molar-refractivity contribution in [2.45, 2.75) is 13.8 Å². The van der Waals surface area contributed by atoms with E-state index in [9.17, 15) is 4.79 Å². The first-order valence-electron chi connectivity index (χ1n) is 2.98. The molecule has 0 spiro atoms. The molecular weight excluding hydrogens is 126 g/mol. The highest BCUT2D eigenvalue weighted by molar-refractivity contribution is 5.92. The van der Waals surface area contributed by atoms with Crippen molar-refractivity contribution in [1.29, 1.82) is 0 Å². The zero-order chi connectivity index (χ0) is 7.98. The molecule has 0 aliphatic rings. The molecule has 0 radical (unpaired) electrons. The van der Waals surface area contributed by atoms with E-state index in [-0.39, 0.29) is 5.78 Å². The first kappa shape index (κ1) is 8.82. The van der Waals surface area contributed by atoms with Crippen molar-refractivity contribution in [3.8, 4) is 0 Å². The number of carbonyl (C=O) groups is 1. The van der Waals surface area contributed by atoms with Gasteiger partial charge in [-0.1, -0.05) is 6.08 Å².